The third-order valence-corrected chi connectivity index (χ3v) is 2.26. The number of hydrogen-bond donors (Lipinski definition) is 1. The van der Waals surface area contributed by atoms with Crippen molar-refractivity contribution in [3.63, 3.8) is 0 Å². The number of alkyl halides is 1. The molecule has 80 valence electrons. The Bertz CT molecular complexity index is 455. The minimum Gasteiger partial charge on any atom is -0.388 e. The van der Waals surface area contributed by atoms with Gasteiger partial charge >= 0.3 is 0 Å². The van der Waals surface area contributed by atoms with Crippen LogP contribution in [-0.4, -0.2) is 26.3 Å². The molecule has 2 heterocycles. The number of nitrogens with zero attached hydrogens (tertiary/aromatic N) is 3. The number of rotatable bonds is 4. The largest absolute Gasteiger partial charge is 0.388 e. The number of aliphatic hydroxyl groups excluding tert-OH is 1. The SMILES string of the molecule is OCc1nc2ncccc2n1CCCF. The van der Waals surface area contributed by atoms with E-state index >= 15 is 0 Å². The van der Waals surface area contributed by atoms with Gasteiger partial charge in [0, 0.05) is 12.7 Å². The summed E-state index contributed by atoms with van der Waals surface area (Å²) in [5, 5.41) is 9.11. The summed E-state index contributed by atoms with van der Waals surface area (Å²) in [7, 11) is 0. The van der Waals surface area contributed by atoms with E-state index in [-0.39, 0.29) is 13.3 Å². The highest BCUT2D eigenvalue weighted by atomic mass is 19.1. The van der Waals surface area contributed by atoms with Crippen LogP contribution in [-0.2, 0) is 13.2 Å². The molecule has 0 aromatic carbocycles. The van der Waals surface area contributed by atoms with E-state index in [9.17, 15) is 4.39 Å². The number of halogens is 1. The Labute approximate surface area is 86.4 Å². The van der Waals surface area contributed by atoms with Crippen molar-refractivity contribution < 1.29 is 9.50 Å². The Balaban J connectivity index is 2.47. The van der Waals surface area contributed by atoms with Gasteiger partial charge in [-0.3, -0.25) is 4.39 Å². The van der Waals surface area contributed by atoms with Crippen molar-refractivity contribution in [2.75, 3.05) is 6.67 Å². The van der Waals surface area contributed by atoms with Gasteiger partial charge in [-0.15, -0.1) is 0 Å². The van der Waals surface area contributed by atoms with E-state index in [0.717, 1.165) is 5.52 Å². The van der Waals surface area contributed by atoms with Gasteiger partial charge in [-0.05, 0) is 18.6 Å². The Kier molecular flexibility index (Phi) is 2.91. The van der Waals surface area contributed by atoms with Crippen molar-refractivity contribution in [1.29, 1.82) is 0 Å². The fraction of sp³-hybridized carbons (Fsp3) is 0.400. The average molecular weight is 209 g/mol. The Morgan fingerprint density at radius 1 is 1.47 bits per heavy atom. The fourth-order valence-corrected chi connectivity index (χ4v) is 1.60. The predicted octanol–water partition coefficient (Wildman–Crippen LogP) is 1.28. The summed E-state index contributed by atoms with van der Waals surface area (Å²) in [6, 6.07) is 3.67. The molecule has 1 N–H and O–H groups in total. The van der Waals surface area contributed by atoms with E-state index in [0.29, 0.717) is 24.4 Å². The van der Waals surface area contributed by atoms with Gasteiger partial charge in [0.05, 0.1) is 12.2 Å². The molecule has 0 unspecified atom stereocenters. The predicted molar refractivity (Wildman–Crippen MR) is 54.0 cm³/mol. The first-order valence-corrected chi connectivity index (χ1v) is 4.83. The molecule has 0 saturated heterocycles. The molecule has 0 radical (unpaired) electrons. The van der Waals surface area contributed by atoms with E-state index in [1.54, 1.807) is 12.3 Å². The zero-order valence-corrected chi connectivity index (χ0v) is 8.23. The molecular formula is C10H12FN3O. The van der Waals surface area contributed by atoms with Gasteiger partial charge in [0.2, 0.25) is 0 Å². The third-order valence-electron chi connectivity index (χ3n) is 2.26. The van der Waals surface area contributed by atoms with Gasteiger partial charge in [0.25, 0.3) is 0 Å². The second kappa shape index (κ2) is 4.35. The number of hydrogen-bond acceptors (Lipinski definition) is 3. The lowest BCUT2D eigenvalue weighted by molar-refractivity contribution is 0.264. The summed E-state index contributed by atoms with van der Waals surface area (Å²) < 4.78 is 13.9. The van der Waals surface area contributed by atoms with E-state index in [4.69, 9.17) is 5.11 Å². The molecule has 0 bridgehead atoms. The Morgan fingerprint density at radius 2 is 2.33 bits per heavy atom. The van der Waals surface area contributed by atoms with Crippen molar-refractivity contribution in [1.82, 2.24) is 14.5 Å². The highest BCUT2D eigenvalue weighted by Gasteiger charge is 2.09. The highest BCUT2D eigenvalue weighted by molar-refractivity contribution is 5.71. The van der Waals surface area contributed by atoms with Crippen LogP contribution in [0, 0.1) is 0 Å². The van der Waals surface area contributed by atoms with Gasteiger partial charge in [0.1, 0.15) is 12.4 Å². The second-order valence-corrected chi connectivity index (χ2v) is 3.23. The molecule has 5 heteroatoms. The van der Waals surface area contributed by atoms with Crippen LogP contribution in [0.2, 0.25) is 0 Å². The number of aryl methyl sites for hydroxylation is 1. The van der Waals surface area contributed by atoms with Gasteiger partial charge in [-0.25, -0.2) is 9.97 Å². The molecule has 2 aromatic rings. The second-order valence-electron chi connectivity index (χ2n) is 3.23. The van der Waals surface area contributed by atoms with Crippen LogP contribution in [0.4, 0.5) is 4.39 Å². The maximum atomic E-state index is 12.1. The van der Waals surface area contributed by atoms with Crippen LogP contribution in [0.25, 0.3) is 11.2 Å². The van der Waals surface area contributed by atoms with Gasteiger partial charge in [0.15, 0.2) is 5.65 Å². The summed E-state index contributed by atoms with van der Waals surface area (Å²) in [5.74, 6) is 0.539. The topological polar surface area (TPSA) is 50.9 Å². The monoisotopic (exact) mass is 209 g/mol. The van der Waals surface area contributed by atoms with Gasteiger partial charge < -0.3 is 9.67 Å². The molecule has 0 fully saturated rings. The lowest BCUT2D eigenvalue weighted by atomic mass is 10.4. The number of pyridine rings is 1. The van der Waals surface area contributed by atoms with Crippen LogP contribution >= 0.6 is 0 Å². The molecule has 0 aliphatic carbocycles. The summed E-state index contributed by atoms with van der Waals surface area (Å²) in [6.07, 6.45) is 2.07. The average Bonchev–Trinajstić information content (AvgIpc) is 2.64. The van der Waals surface area contributed by atoms with Crippen LogP contribution in [0.1, 0.15) is 12.2 Å². The Morgan fingerprint density at radius 3 is 3.07 bits per heavy atom. The van der Waals surface area contributed by atoms with Crippen molar-refractivity contribution in [3.05, 3.63) is 24.2 Å². The minimum absolute atomic E-state index is 0.150. The fourth-order valence-electron chi connectivity index (χ4n) is 1.60. The number of aromatic nitrogens is 3. The van der Waals surface area contributed by atoms with Crippen molar-refractivity contribution in [2.45, 2.75) is 19.6 Å². The number of imidazole rings is 1. The molecule has 2 rings (SSSR count). The smallest absolute Gasteiger partial charge is 0.177 e. The first-order chi connectivity index (χ1) is 7.36. The maximum absolute atomic E-state index is 12.1. The molecule has 0 atom stereocenters. The summed E-state index contributed by atoms with van der Waals surface area (Å²) in [5.41, 5.74) is 1.44. The lowest BCUT2D eigenvalue weighted by Gasteiger charge is -2.04. The quantitative estimate of drug-likeness (QED) is 0.825. The summed E-state index contributed by atoms with van der Waals surface area (Å²) in [4.78, 5) is 8.25. The zero-order chi connectivity index (χ0) is 10.7. The highest BCUT2D eigenvalue weighted by Crippen LogP contribution is 2.14. The van der Waals surface area contributed by atoms with E-state index in [2.05, 4.69) is 9.97 Å². The van der Waals surface area contributed by atoms with Crippen LogP contribution in [0.15, 0.2) is 18.3 Å². The number of fused-ring (bicyclic) bond motifs is 1. The summed E-state index contributed by atoms with van der Waals surface area (Å²) in [6.45, 7) is 0.00202. The van der Waals surface area contributed by atoms with E-state index in [1.807, 2.05) is 10.6 Å². The molecule has 0 aliphatic heterocycles. The molecular weight excluding hydrogens is 197 g/mol. The molecule has 0 amide bonds. The zero-order valence-electron chi connectivity index (χ0n) is 8.23. The van der Waals surface area contributed by atoms with Crippen molar-refractivity contribution >= 4 is 11.2 Å². The summed E-state index contributed by atoms with van der Waals surface area (Å²) >= 11 is 0. The lowest BCUT2D eigenvalue weighted by Crippen LogP contribution is -2.04. The van der Waals surface area contributed by atoms with Crippen molar-refractivity contribution in [2.24, 2.45) is 0 Å². The first kappa shape index (κ1) is 10.0. The molecule has 15 heavy (non-hydrogen) atoms. The normalized spacial score (nSPS) is 11.1. The van der Waals surface area contributed by atoms with Gasteiger partial charge in [-0.2, -0.15) is 0 Å². The van der Waals surface area contributed by atoms with E-state index < -0.39 is 0 Å². The van der Waals surface area contributed by atoms with Crippen molar-refractivity contribution in [3.8, 4) is 0 Å². The minimum atomic E-state index is -0.370. The van der Waals surface area contributed by atoms with Gasteiger partial charge in [-0.1, -0.05) is 0 Å². The van der Waals surface area contributed by atoms with Crippen LogP contribution in [0.3, 0.4) is 0 Å². The van der Waals surface area contributed by atoms with Crippen LogP contribution in [0.5, 0.6) is 0 Å². The van der Waals surface area contributed by atoms with E-state index in [1.165, 1.54) is 0 Å². The third kappa shape index (κ3) is 1.83. The molecule has 0 aliphatic rings. The molecule has 4 nitrogen and oxygen atoms in total. The maximum Gasteiger partial charge on any atom is 0.177 e. The standard InChI is InChI=1S/C10H12FN3O/c11-4-2-6-14-8-3-1-5-12-10(8)13-9(14)7-15/h1,3,5,15H,2,4,6-7H2. The molecule has 0 saturated carbocycles. The first-order valence-electron chi connectivity index (χ1n) is 4.83. The van der Waals surface area contributed by atoms with Crippen LogP contribution < -0.4 is 0 Å². The Hall–Kier alpha value is -1.49. The molecule has 2 aromatic heterocycles. The molecule has 0 spiro atoms. The number of aliphatic hydroxyl groups is 1.